The summed E-state index contributed by atoms with van der Waals surface area (Å²) in [5, 5.41) is 12.1. The Labute approximate surface area is 207 Å². The summed E-state index contributed by atoms with van der Waals surface area (Å²) in [6.45, 7) is 3.64. The molecule has 178 valence electrons. The molecule has 0 atom stereocenters. The Morgan fingerprint density at radius 1 is 1.00 bits per heavy atom. The molecule has 1 aromatic heterocycles. The Kier molecular flexibility index (Phi) is 8.51. The van der Waals surface area contributed by atoms with E-state index in [0.717, 1.165) is 20.6 Å². The van der Waals surface area contributed by atoms with Crippen LogP contribution in [-0.2, 0) is 9.53 Å². The number of benzene rings is 2. The highest BCUT2D eigenvalue weighted by molar-refractivity contribution is 8.01. The lowest BCUT2D eigenvalue weighted by molar-refractivity contribution is -0.118. The van der Waals surface area contributed by atoms with E-state index in [4.69, 9.17) is 4.74 Å². The van der Waals surface area contributed by atoms with Gasteiger partial charge >= 0.3 is 0 Å². The highest BCUT2D eigenvalue weighted by Crippen LogP contribution is 2.28. The molecule has 10 heteroatoms. The van der Waals surface area contributed by atoms with Gasteiger partial charge in [-0.1, -0.05) is 65.6 Å². The number of carbonyl (C=O) groups is 2. The second kappa shape index (κ2) is 12.0. The molecular weight excluding hydrogens is 470 g/mol. The fourth-order valence-corrected chi connectivity index (χ4v) is 5.30. The van der Waals surface area contributed by atoms with Gasteiger partial charge in [-0.25, -0.2) is 0 Å². The van der Waals surface area contributed by atoms with Crippen molar-refractivity contribution < 1.29 is 14.3 Å². The standard InChI is InChI=1S/C24H27N5O3S2/c1-32-16-11-25-21(30)17-33-24-27-26-23(34-24)29-14-12-28(13-15-29)22(31)20-9-7-19(8-10-20)18-5-3-2-4-6-18/h2-10H,11-17H2,1H3,(H,25,30). The molecule has 3 aromatic rings. The van der Waals surface area contributed by atoms with Crippen LogP contribution in [0.4, 0.5) is 5.13 Å². The molecule has 0 spiro atoms. The highest BCUT2D eigenvalue weighted by Gasteiger charge is 2.24. The van der Waals surface area contributed by atoms with E-state index in [0.29, 0.717) is 50.6 Å². The zero-order valence-electron chi connectivity index (χ0n) is 19.0. The van der Waals surface area contributed by atoms with Crippen molar-refractivity contribution in [3.8, 4) is 11.1 Å². The number of methoxy groups -OCH3 is 1. The number of rotatable bonds is 9. The number of anilines is 1. The number of aromatic nitrogens is 2. The number of nitrogens with one attached hydrogen (secondary N) is 1. The summed E-state index contributed by atoms with van der Waals surface area (Å²) in [7, 11) is 1.60. The first-order valence-electron chi connectivity index (χ1n) is 11.1. The Hall–Kier alpha value is -2.95. The Morgan fingerprint density at radius 3 is 2.41 bits per heavy atom. The van der Waals surface area contributed by atoms with Gasteiger partial charge < -0.3 is 19.9 Å². The van der Waals surface area contributed by atoms with Gasteiger partial charge in [-0.05, 0) is 23.3 Å². The molecule has 1 saturated heterocycles. The van der Waals surface area contributed by atoms with Crippen LogP contribution in [0.15, 0.2) is 58.9 Å². The van der Waals surface area contributed by atoms with Crippen LogP contribution >= 0.6 is 23.1 Å². The van der Waals surface area contributed by atoms with E-state index >= 15 is 0 Å². The molecule has 1 fully saturated rings. The van der Waals surface area contributed by atoms with E-state index in [2.05, 4.69) is 32.5 Å². The van der Waals surface area contributed by atoms with Crippen molar-refractivity contribution in [1.82, 2.24) is 20.4 Å². The molecule has 4 rings (SSSR count). The third-order valence-electron chi connectivity index (χ3n) is 5.43. The third-order valence-corrected chi connectivity index (χ3v) is 7.54. The minimum atomic E-state index is -0.0530. The maximum Gasteiger partial charge on any atom is 0.253 e. The van der Waals surface area contributed by atoms with E-state index in [1.165, 1.54) is 23.1 Å². The summed E-state index contributed by atoms with van der Waals surface area (Å²) in [5.74, 6) is 0.291. The van der Waals surface area contributed by atoms with Crippen LogP contribution in [0.25, 0.3) is 11.1 Å². The average molecular weight is 498 g/mol. The Balaban J connectivity index is 1.26. The summed E-state index contributed by atoms with van der Waals surface area (Å²) < 4.78 is 5.68. The zero-order valence-corrected chi connectivity index (χ0v) is 20.6. The second-order valence-corrected chi connectivity index (χ2v) is 9.88. The molecule has 0 radical (unpaired) electrons. The van der Waals surface area contributed by atoms with Gasteiger partial charge in [-0.3, -0.25) is 9.59 Å². The van der Waals surface area contributed by atoms with Gasteiger partial charge in [0, 0.05) is 45.4 Å². The first-order valence-corrected chi connectivity index (χ1v) is 12.9. The number of hydrogen-bond acceptors (Lipinski definition) is 8. The van der Waals surface area contributed by atoms with Crippen molar-refractivity contribution in [3.63, 3.8) is 0 Å². The summed E-state index contributed by atoms with van der Waals surface area (Å²) in [4.78, 5) is 28.8. The zero-order chi connectivity index (χ0) is 23.8. The molecule has 0 bridgehead atoms. The van der Waals surface area contributed by atoms with Crippen LogP contribution in [0, 0.1) is 0 Å². The Morgan fingerprint density at radius 2 is 1.71 bits per heavy atom. The monoisotopic (exact) mass is 497 g/mol. The van der Waals surface area contributed by atoms with Crippen LogP contribution in [0.2, 0.25) is 0 Å². The maximum absolute atomic E-state index is 13.0. The topological polar surface area (TPSA) is 87.7 Å². The van der Waals surface area contributed by atoms with E-state index in [1.807, 2.05) is 47.4 Å². The molecular formula is C24H27N5O3S2. The van der Waals surface area contributed by atoms with Gasteiger partial charge in [-0.2, -0.15) is 0 Å². The molecule has 1 aliphatic heterocycles. The quantitative estimate of drug-likeness (QED) is 0.359. The second-order valence-electron chi connectivity index (χ2n) is 7.70. The van der Waals surface area contributed by atoms with Gasteiger partial charge in [0.05, 0.1) is 12.4 Å². The summed E-state index contributed by atoms with van der Waals surface area (Å²) in [5.41, 5.74) is 2.93. The molecule has 0 saturated carbocycles. The molecule has 1 aliphatic rings. The van der Waals surface area contributed by atoms with Crippen LogP contribution in [0.5, 0.6) is 0 Å². The Bertz CT molecular complexity index is 1080. The number of carbonyl (C=O) groups excluding carboxylic acids is 2. The van der Waals surface area contributed by atoms with Crippen LogP contribution in [0.3, 0.4) is 0 Å². The van der Waals surface area contributed by atoms with Crippen molar-refractivity contribution >= 4 is 40.0 Å². The third kappa shape index (κ3) is 6.34. The predicted octanol–water partition coefficient (Wildman–Crippen LogP) is 3.02. The van der Waals surface area contributed by atoms with Crippen LogP contribution < -0.4 is 10.2 Å². The number of amides is 2. The number of thioether (sulfide) groups is 1. The SMILES string of the molecule is COCCNC(=O)CSc1nnc(N2CCN(C(=O)c3ccc(-c4ccccc4)cc3)CC2)s1. The van der Waals surface area contributed by atoms with Crippen molar-refractivity contribution in [2.24, 2.45) is 0 Å². The van der Waals surface area contributed by atoms with Gasteiger partial charge in [0.1, 0.15) is 0 Å². The number of ether oxygens (including phenoxy) is 1. The van der Waals surface area contributed by atoms with E-state index in [1.54, 1.807) is 7.11 Å². The van der Waals surface area contributed by atoms with Crippen LogP contribution in [-0.4, -0.2) is 79.1 Å². The van der Waals surface area contributed by atoms with Crippen molar-refractivity contribution in [1.29, 1.82) is 0 Å². The molecule has 0 aliphatic carbocycles. The largest absolute Gasteiger partial charge is 0.383 e. The molecule has 0 unspecified atom stereocenters. The number of hydrogen-bond donors (Lipinski definition) is 1. The van der Waals surface area contributed by atoms with E-state index in [9.17, 15) is 9.59 Å². The van der Waals surface area contributed by atoms with Gasteiger partial charge in [0.25, 0.3) is 5.91 Å². The minimum Gasteiger partial charge on any atom is -0.383 e. The van der Waals surface area contributed by atoms with Crippen molar-refractivity contribution in [2.45, 2.75) is 4.34 Å². The summed E-state index contributed by atoms with van der Waals surface area (Å²) in [6.07, 6.45) is 0. The molecule has 2 amide bonds. The lowest BCUT2D eigenvalue weighted by atomic mass is 10.0. The van der Waals surface area contributed by atoms with Gasteiger partial charge in [-0.15, -0.1) is 10.2 Å². The first-order chi connectivity index (χ1) is 16.6. The molecule has 34 heavy (non-hydrogen) atoms. The summed E-state index contributed by atoms with van der Waals surface area (Å²) >= 11 is 2.85. The fraction of sp³-hybridized carbons (Fsp3) is 0.333. The number of nitrogens with zero attached hydrogens (tertiary/aromatic N) is 4. The molecule has 8 nitrogen and oxygen atoms in total. The highest BCUT2D eigenvalue weighted by atomic mass is 32.2. The van der Waals surface area contributed by atoms with E-state index < -0.39 is 0 Å². The number of piperazine rings is 1. The van der Waals surface area contributed by atoms with Gasteiger partial charge in [0.15, 0.2) is 4.34 Å². The lowest BCUT2D eigenvalue weighted by Crippen LogP contribution is -2.48. The van der Waals surface area contributed by atoms with E-state index in [-0.39, 0.29) is 11.8 Å². The minimum absolute atomic E-state index is 0.0484. The lowest BCUT2D eigenvalue weighted by Gasteiger charge is -2.34. The normalized spacial score (nSPS) is 13.7. The average Bonchev–Trinajstić information content (AvgIpc) is 3.37. The first kappa shape index (κ1) is 24.2. The molecule has 2 aromatic carbocycles. The smallest absolute Gasteiger partial charge is 0.253 e. The van der Waals surface area contributed by atoms with Crippen molar-refractivity contribution in [2.75, 3.05) is 57.1 Å². The summed E-state index contributed by atoms with van der Waals surface area (Å²) in [6, 6.07) is 17.9. The van der Waals surface area contributed by atoms with Gasteiger partial charge in [0.2, 0.25) is 11.0 Å². The molecule has 1 N–H and O–H groups in total. The maximum atomic E-state index is 13.0. The molecule has 2 heterocycles. The van der Waals surface area contributed by atoms with Crippen molar-refractivity contribution in [3.05, 3.63) is 60.2 Å². The predicted molar refractivity (Wildman–Crippen MR) is 136 cm³/mol. The van der Waals surface area contributed by atoms with Crippen LogP contribution in [0.1, 0.15) is 10.4 Å². The fourth-order valence-electron chi connectivity index (χ4n) is 3.58.